The molecule has 2 aliphatic rings. The van der Waals surface area contributed by atoms with Gasteiger partial charge in [-0.2, -0.15) is 10.2 Å². The number of aryl methyl sites for hydroxylation is 5. The maximum absolute atomic E-state index is 13.9. The number of ether oxygens (including phenoxy) is 2. The molecule has 22 nitrogen and oxygen atoms in total. The predicted octanol–water partition coefficient (Wildman–Crippen LogP) is 2.68. The van der Waals surface area contributed by atoms with Crippen molar-refractivity contribution in [3.8, 4) is 11.5 Å². The van der Waals surface area contributed by atoms with Crippen LogP contribution in [0.4, 0.5) is 11.9 Å². The number of carbonyl (C=O) groups excluding carboxylic acids is 5. The van der Waals surface area contributed by atoms with E-state index in [0.717, 1.165) is 26.2 Å². The van der Waals surface area contributed by atoms with E-state index < -0.39 is 23.6 Å². The monoisotopic (exact) mass is 919 g/mol. The number of nitrogens with two attached hydrogens (primary N) is 2. The summed E-state index contributed by atoms with van der Waals surface area (Å²) in [6.45, 7) is 13.2. The molecule has 5 amide bonds. The van der Waals surface area contributed by atoms with Crippen LogP contribution in [-0.2, 0) is 24.4 Å². The Morgan fingerprint density at radius 1 is 0.776 bits per heavy atom. The molecule has 67 heavy (non-hydrogen) atoms. The number of piperazine rings is 1. The minimum Gasteiger partial charge on any atom is -0.491 e. The number of amides is 5. The number of carbonyl (C=O) groups is 5. The first-order valence-electron chi connectivity index (χ1n) is 22.6. The van der Waals surface area contributed by atoms with Gasteiger partial charge in [-0.25, -0.2) is 9.97 Å². The number of hydrogen-bond donors (Lipinski definition) is 5. The van der Waals surface area contributed by atoms with Gasteiger partial charge < -0.3 is 40.3 Å². The summed E-state index contributed by atoms with van der Waals surface area (Å²) in [4.78, 5) is 79.3. The van der Waals surface area contributed by atoms with E-state index in [0.29, 0.717) is 108 Å². The van der Waals surface area contributed by atoms with E-state index in [-0.39, 0.29) is 48.2 Å². The van der Waals surface area contributed by atoms with Crippen LogP contribution in [0.3, 0.4) is 0 Å². The number of nitrogens with one attached hydrogen (secondary N) is 3. The second-order valence-electron chi connectivity index (χ2n) is 16.9. The zero-order chi connectivity index (χ0) is 47.5. The van der Waals surface area contributed by atoms with E-state index in [9.17, 15) is 24.0 Å². The van der Waals surface area contributed by atoms with Crippen molar-refractivity contribution < 1.29 is 33.4 Å². The van der Waals surface area contributed by atoms with E-state index in [1.165, 1.54) is 0 Å². The Morgan fingerprint density at radius 3 is 2.00 bits per heavy atom. The number of primary amides is 2. The van der Waals surface area contributed by atoms with Crippen LogP contribution in [-0.4, -0.2) is 138 Å². The summed E-state index contributed by atoms with van der Waals surface area (Å²) in [6, 6.07) is 9.31. The van der Waals surface area contributed by atoms with Gasteiger partial charge in [0, 0.05) is 63.5 Å². The highest BCUT2D eigenvalue weighted by molar-refractivity contribution is 6.05. The summed E-state index contributed by atoms with van der Waals surface area (Å²) >= 11 is 0. The molecule has 2 aliphatic heterocycles. The van der Waals surface area contributed by atoms with Crippen LogP contribution < -0.4 is 36.9 Å². The summed E-state index contributed by atoms with van der Waals surface area (Å²) in [7, 11) is 2.07. The van der Waals surface area contributed by atoms with Gasteiger partial charge >= 0.3 is 0 Å². The molecule has 6 heterocycles. The minimum absolute atomic E-state index is 0.0621. The fourth-order valence-electron chi connectivity index (χ4n) is 8.66. The zero-order valence-corrected chi connectivity index (χ0v) is 38.4. The third-order valence-corrected chi connectivity index (χ3v) is 12.0. The SMILES string of the molecule is CCn1nc(C)cc1C(=O)Nc1nc2cc(C(N)=O)cc(OCCCNC(=O)CN3CCN(C)CC3)c2n1CCC[C@H]1COc2cc(C(N)=O)cc3nc(NC(=O)c4cc(C)nn4CC)n1c23. The van der Waals surface area contributed by atoms with Crippen LogP contribution in [0.1, 0.15) is 92.2 Å². The van der Waals surface area contributed by atoms with Crippen molar-refractivity contribution in [3.63, 3.8) is 0 Å². The lowest BCUT2D eigenvalue weighted by molar-refractivity contribution is -0.122. The van der Waals surface area contributed by atoms with Crippen LogP contribution in [0.15, 0.2) is 36.4 Å². The lowest BCUT2D eigenvalue weighted by Gasteiger charge is -2.31. The Balaban J connectivity index is 1.07. The van der Waals surface area contributed by atoms with Crippen molar-refractivity contribution in [3.05, 3.63) is 70.3 Å². The average molecular weight is 920 g/mol. The summed E-state index contributed by atoms with van der Waals surface area (Å²) in [5.41, 5.74) is 15.8. The van der Waals surface area contributed by atoms with Crippen molar-refractivity contribution in [2.24, 2.45) is 11.5 Å². The summed E-state index contributed by atoms with van der Waals surface area (Å²) < 4.78 is 19.6. The smallest absolute Gasteiger partial charge is 0.276 e. The maximum atomic E-state index is 13.9. The topological polar surface area (TPSA) is 270 Å². The fraction of sp³-hybridized carbons (Fsp3) is 0.444. The van der Waals surface area contributed by atoms with Crippen molar-refractivity contribution in [2.75, 3.05) is 70.2 Å². The predicted molar refractivity (Wildman–Crippen MR) is 249 cm³/mol. The molecule has 0 spiro atoms. The molecule has 7 N–H and O–H groups in total. The molecule has 22 heteroatoms. The average Bonchev–Trinajstić information content (AvgIpc) is 4.07. The first kappa shape index (κ1) is 46.2. The van der Waals surface area contributed by atoms with Gasteiger partial charge in [0.25, 0.3) is 11.8 Å². The van der Waals surface area contributed by atoms with E-state index in [1.807, 2.05) is 36.8 Å². The van der Waals surface area contributed by atoms with E-state index >= 15 is 0 Å². The zero-order valence-electron chi connectivity index (χ0n) is 38.4. The molecule has 0 radical (unpaired) electrons. The third kappa shape index (κ3) is 9.94. The number of nitrogens with zero attached hydrogens (tertiary/aromatic N) is 10. The second-order valence-corrected chi connectivity index (χ2v) is 16.9. The molecule has 0 unspecified atom stereocenters. The molecule has 0 saturated carbocycles. The summed E-state index contributed by atoms with van der Waals surface area (Å²) in [5.74, 6) is -1.05. The van der Waals surface area contributed by atoms with Gasteiger partial charge in [-0.15, -0.1) is 0 Å². The van der Waals surface area contributed by atoms with E-state index in [1.54, 1.807) is 45.8 Å². The fourth-order valence-corrected chi connectivity index (χ4v) is 8.66. The van der Waals surface area contributed by atoms with Gasteiger partial charge in [0.2, 0.25) is 29.6 Å². The molecular weight excluding hydrogens is 863 g/mol. The standard InChI is InChI=1S/C45H57N15O7/c1-6-58-33(18-26(3)53-58)42(64)51-44-49-31-20-28(40(46)62)22-35(66-17-9-11-48-37(61)24-56-15-13-55(5)14-16-56)38(31)57(44)12-8-10-30-25-67-36-23-29(41(47)63)21-32-39(36)60(30)45(50-32)52-43(65)34-19-27(4)54-59(34)7-2/h18-23,30H,6-17,24-25H2,1-5H3,(H2,46,62)(H2,47,63)(H,48,61)(H,49,51,64)(H,50,52,65)/t30-/m0/s1. The first-order chi connectivity index (χ1) is 32.2. The van der Waals surface area contributed by atoms with Gasteiger partial charge in [-0.3, -0.25) is 48.9 Å². The van der Waals surface area contributed by atoms with E-state index in [2.05, 4.69) is 43.0 Å². The van der Waals surface area contributed by atoms with Crippen LogP contribution in [0.25, 0.3) is 22.1 Å². The van der Waals surface area contributed by atoms with Gasteiger partial charge in [-0.05, 0) is 90.4 Å². The summed E-state index contributed by atoms with van der Waals surface area (Å²) in [5, 5.41) is 17.8. The number of benzene rings is 2. The number of aromatic nitrogens is 8. The van der Waals surface area contributed by atoms with Gasteiger partial charge in [0.05, 0.1) is 41.6 Å². The Kier molecular flexibility index (Phi) is 13.5. The number of hydrogen-bond acceptors (Lipinski definition) is 13. The van der Waals surface area contributed by atoms with Crippen molar-refractivity contribution in [1.82, 2.24) is 53.8 Å². The Labute approximate surface area is 385 Å². The van der Waals surface area contributed by atoms with Crippen LogP contribution in [0.5, 0.6) is 11.5 Å². The van der Waals surface area contributed by atoms with E-state index in [4.69, 9.17) is 30.9 Å². The molecule has 2 aromatic carbocycles. The van der Waals surface area contributed by atoms with Crippen molar-refractivity contribution >= 4 is 63.5 Å². The lowest BCUT2D eigenvalue weighted by Crippen LogP contribution is -2.48. The molecule has 1 atom stereocenters. The number of imidazole rings is 2. The van der Waals surface area contributed by atoms with Crippen molar-refractivity contribution in [2.45, 2.75) is 72.6 Å². The Hall–Kier alpha value is -7.33. The highest BCUT2D eigenvalue weighted by Gasteiger charge is 2.30. The van der Waals surface area contributed by atoms with Gasteiger partial charge in [0.15, 0.2) is 0 Å². The molecule has 0 bridgehead atoms. The Morgan fingerprint density at radius 2 is 1.37 bits per heavy atom. The summed E-state index contributed by atoms with van der Waals surface area (Å²) in [6.07, 6.45) is 1.43. The second kappa shape index (κ2) is 19.6. The van der Waals surface area contributed by atoms with Crippen molar-refractivity contribution in [1.29, 1.82) is 0 Å². The highest BCUT2D eigenvalue weighted by Crippen LogP contribution is 2.39. The minimum atomic E-state index is -0.685. The molecule has 1 saturated heterocycles. The van der Waals surface area contributed by atoms with Gasteiger partial charge in [-0.1, -0.05) is 0 Å². The molecule has 354 valence electrons. The van der Waals surface area contributed by atoms with Crippen LogP contribution in [0, 0.1) is 13.8 Å². The molecule has 4 aromatic heterocycles. The normalized spacial score (nSPS) is 15.1. The van der Waals surface area contributed by atoms with Crippen LogP contribution >= 0.6 is 0 Å². The third-order valence-electron chi connectivity index (χ3n) is 12.0. The largest absolute Gasteiger partial charge is 0.491 e. The maximum Gasteiger partial charge on any atom is 0.276 e. The first-order valence-corrected chi connectivity index (χ1v) is 22.6. The molecule has 8 rings (SSSR count). The Bertz CT molecular complexity index is 2870. The highest BCUT2D eigenvalue weighted by atomic mass is 16.5. The van der Waals surface area contributed by atoms with Crippen LogP contribution in [0.2, 0.25) is 0 Å². The number of anilines is 2. The van der Waals surface area contributed by atoms with Gasteiger partial charge in [0.1, 0.15) is 40.5 Å². The number of fused-ring (bicyclic) bond motifs is 1. The molecule has 6 aromatic rings. The molecular formula is C45H57N15O7. The number of rotatable bonds is 19. The molecule has 0 aliphatic carbocycles. The number of likely N-dealkylation sites (N-methyl/N-ethyl adjacent to an activating group) is 1. The quantitative estimate of drug-likeness (QED) is 0.0733. The molecule has 1 fully saturated rings. The lowest BCUT2D eigenvalue weighted by atomic mass is 10.1.